The van der Waals surface area contributed by atoms with Crippen LogP contribution in [0.25, 0.3) is 0 Å². The molecule has 2 N–H and O–H groups in total. The number of nitrogens with two attached hydrogens (primary N) is 1. The quantitative estimate of drug-likeness (QED) is 0.514. The van der Waals surface area contributed by atoms with E-state index in [1.165, 1.54) is 24.3 Å². The predicted molar refractivity (Wildman–Crippen MR) is 83.7 cm³/mol. The molecule has 1 aliphatic heterocycles. The zero-order chi connectivity index (χ0) is 17.5. The molecule has 1 heterocycles. The largest absolute Gasteiger partial charge is 0.416 e. The van der Waals surface area contributed by atoms with Crippen molar-refractivity contribution in [3.63, 3.8) is 0 Å². The molecule has 2 aromatic rings. The van der Waals surface area contributed by atoms with E-state index in [0.717, 1.165) is 11.6 Å². The van der Waals surface area contributed by atoms with Gasteiger partial charge in [0.25, 0.3) is 5.69 Å². The number of rotatable bonds is 2. The van der Waals surface area contributed by atoms with Gasteiger partial charge in [-0.3, -0.25) is 10.1 Å². The fourth-order valence-electron chi connectivity index (χ4n) is 2.85. The molecule has 0 bridgehead atoms. The maximum absolute atomic E-state index is 12.8. The molecule has 0 fully saturated rings. The van der Waals surface area contributed by atoms with Crippen LogP contribution in [-0.4, -0.2) is 11.5 Å². The van der Waals surface area contributed by atoms with Gasteiger partial charge in [-0.15, -0.1) is 0 Å². The number of hydrogen-bond acceptors (Lipinski definition) is 4. The van der Waals surface area contributed by atoms with Crippen molar-refractivity contribution in [2.24, 2.45) is 0 Å². The van der Waals surface area contributed by atoms with Crippen molar-refractivity contribution in [2.75, 3.05) is 17.2 Å². The van der Waals surface area contributed by atoms with E-state index in [-0.39, 0.29) is 11.4 Å². The van der Waals surface area contributed by atoms with Gasteiger partial charge >= 0.3 is 6.18 Å². The molecule has 5 nitrogen and oxygen atoms in total. The summed E-state index contributed by atoms with van der Waals surface area (Å²) in [6.07, 6.45) is -3.88. The molecule has 0 radical (unpaired) electrons. The molecule has 0 aliphatic carbocycles. The fourth-order valence-corrected chi connectivity index (χ4v) is 2.85. The number of nitrogen functional groups attached to an aromatic ring is 1. The number of fused-ring (bicyclic) bond motifs is 1. The zero-order valence-corrected chi connectivity index (χ0v) is 12.5. The Morgan fingerprint density at radius 2 is 1.88 bits per heavy atom. The number of nitro groups is 1. The number of nitro benzene ring substituents is 1. The lowest BCUT2D eigenvalue weighted by molar-refractivity contribution is -0.383. The first-order valence-electron chi connectivity index (χ1n) is 7.23. The van der Waals surface area contributed by atoms with E-state index >= 15 is 0 Å². The van der Waals surface area contributed by atoms with Crippen molar-refractivity contribution in [1.29, 1.82) is 0 Å². The maximum atomic E-state index is 12.8. The van der Waals surface area contributed by atoms with Crippen LogP contribution in [0.2, 0.25) is 0 Å². The van der Waals surface area contributed by atoms with Gasteiger partial charge in [0.2, 0.25) is 0 Å². The molecule has 0 atom stereocenters. The standard InChI is InChI=1S/C16H14F3N3O2/c17-16(18,19)12-2-1-11-9-21(6-5-10(11)7-12)13-3-4-15(22(23)24)14(20)8-13/h1-4,7-8H,5-6,9,20H2. The first-order valence-corrected chi connectivity index (χ1v) is 7.23. The van der Waals surface area contributed by atoms with Crippen LogP contribution in [0.4, 0.5) is 30.2 Å². The molecule has 2 aromatic carbocycles. The van der Waals surface area contributed by atoms with Gasteiger partial charge in [0.05, 0.1) is 10.5 Å². The van der Waals surface area contributed by atoms with Gasteiger partial charge < -0.3 is 10.6 Å². The molecule has 8 heteroatoms. The van der Waals surface area contributed by atoms with Gasteiger partial charge in [0.1, 0.15) is 5.69 Å². The summed E-state index contributed by atoms with van der Waals surface area (Å²) < 4.78 is 38.3. The van der Waals surface area contributed by atoms with Gasteiger partial charge in [-0.05, 0) is 41.8 Å². The summed E-state index contributed by atoms with van der Waals surface area (Å²) in [4.78, 5) is 12.2. The normalized spacial score (nSPS) is 14.4. The highest BCUT2D eigenvalue weighted by atomic mass is 19.4. The van der Waals surface area contributed by atoms with Crippen LogP contribution >= 0.6 is 0 Å². The Morgan fingerprint density at radius 3 is 2.50 bits per heavy atom. The van der Waals surface area contributed by atoms with E-state index in [1.54, 1.807) is 6.07 Å². The van der Waals surface area contributed by atoms with E-state index in [2.05, 4.69) is 0 Å². The molecule has 0 amide bonds. The minimum absolute atomic E-state index is 0.0655. The SMILES string of the molecule is Nc1cc(N2CCc3cc(C(F)(F)F)ccc3C2)ccc1[N+](=O)[O-]. The van der Waals surface area contributed by atoms with Crippen molar-refractivity contribution >= 4 is 17.1 Å². The number of anilines is 2. The summed E-state index contributed by atoms with van der Waals surface area (Å²) in [5.41, 5.74) is 7.16. The average molecular weight is 337 g/mol. The van der Waals surface area contributed by atoms with Crippen LogP contribution in [0.3, 0.4) is 0 Å². The highest BCUT2D eigenvalue weighted by Crippen LogP contribution is 2.34. The summed E-state index contributed by atoms with van der Waals surface area (Å²) in [6.45, 7) is 0.955. The molecule has 126 valence electrons. The van der Waals surface area contributed by atoms with Crippen LogP contribution in [0.1, 0.15) is 16.7 Å². The molecule has 24 heavy (non-hydrogen) atoms. The predicted octanol–water partition coefficient (Wildman–Crippen LogP) is 3.76. The Labute approximate surface area is 135 Å². The van der Waals surface area contributed by atoms with Crippen LogP contribution in [-0.2, 0) is 19.1 Å². The molecular formula is C16H14F3N3O2. The summed E-state index contributed by atoms with van der Waals surface area (Å²) in [6, 6.07) is 8.21. The topological polar surface area (TPSA) is 72.4 Å². The molecular weight excluding hydrogens is 323 g/mol. The zero-order valence-electron chi connectivity index (χ0n) is 12.5. The highest BCUT2D eigenvalue weighted by molar-refractivity contribution is 5.67. The van der Waals surface area contributed by atoms with Gasteiger partial charge in [-0.2, -0.15) is 13.2 Å². The summed E-state index contributed by atoms with van der Waals surface area (Å²) >= 11 is 0. The third kappa shape index (κ3) is 2.99. The van der Waals surface area contributed by atoms with Crippen molar-refractivity contribution in [1.82, 2.24) is 0 Å². The maximum Gasteiger partial charge on any atom is 0.416 e. The van der Waals surface area contributed by atoms with E-state index < -0.39 is 16.7 Å². The summed E-state index contributed by atoms with van der Waals surface area (Å²) in [5, 5.41) is 10.8. The van der Waals surface area contributed by atoms with E-state index in [0.29, 0.717) is 30.8 Å². The molecule has 0 saturated carbocycles. The van der Waals surface area contributed by atoms with Gasteiger partial charge in [-0.25, -0.2) is 0 Å². The third-order valence-electron chi connectivity index (χ3n) is 4.12. The lowest BCUT2D eigenvalue weighted by atomic mass is 9.96. The Hall–Kier alpha value is -2.77. The van der Waals surface area contributed by atoms with Gasteiger partial charge in [0, 0.05) is 24.8 Å². The first-order chi connectivity index (χ1) is 11.3. The van der Waals surface area contributed by atoms with Gasteiger partial charge in [-0.1, -0.05) is 6.07 Å². The van der Waals surface area contributed by atoms with Crippen molar-refractivity contribution in [2.45, 2.75) is 19.1 Å². The lowest BCUT2D eigenvalue weighted by Crippen LogP contribution is -2.30. The second-order valence-electron chi connectivity index (χ2n) is 5.65. The molecule has 3 rings (SSSR count). The van der Waals surface area contributed by atoms with Crippen molar-refractivity contribution in [3.05, 3.63) is 63.2 Å². The van der Waals surface area contributed by atoms with Crippen LogP contribution in [0.15, 0.2) is 36.4 Å². The van der Waals surface area contributed by atoms with E-state index in [9.17, 15) is 23.3 Å². The summed E-state index contributed by atoms with van der Waals surface area (Å²) in [7, 11) is 0. The molecule has 0 unspecified atom stereocenters. The smallest absolute Gasteiger partial charge is 0.393 e. The molecule has 1 aliphatic rings. The number of hydrogen-bond donors (Lipinski definition) is 1. The van der Waals surface area contributed by atoms with Gasteiger partial charge in [0.15, 0.2) is 0 Å². The minimum Gasteiger partial charge on any atom is -0.393 e. The molecule has 0 saturated heterocycles. The number of alkyl halides is 3. The fraction of sp³-hybridized carbons (Fsp3) is 0.250. The second-order valence-corrected chi connectivity index (χ2v) is 5.65. The van der Waals surface area contributed by atoms with Crippen LogP contribution < -0.4 is 10.6 Å². The number of benzene rings is 2. The Morgan fingerprint density at radius 1 is 1.12 bits per heavy atom. The van der Waals surface area contributed by atoms with Crippen molar-refractivity contribution in [3.8, 4) is 0 Å². The van der Waals surface area contributed by atoms with Crippen LogP contribution in [0.5, 0.6) is 0 Å². The first kappa shape index (κ1) is 16.1. The van der Waals surface area contributed by atoms with Crippen LogP contribution in [0, 0.1) is 10.1 Å². The monoisotopic (exact) mass is 337 g/mol. The lowest BCUT2D eigenvalue weighted by Gasteiger charge is -2.31. The third-order valence-corrected chi connectivity index (χ3v) is 4.12. The number of halogens is 3. The minimum atomic E-state index is -4.35. The highest BCUT2D eigenvalue weighted by Gasteiger charge is 2.31. The number of nitrogens with zero attached hydrogens (tertiary/aromatic N) is 2. The van der Waals surface area contributed by atoms with Crippen molar-refractivity contribution < 1.29 is 18.1 Å². The Bertz CT molecular complexity index is 806. The summed E-state index contributed by atoms with van der Waals surface area (Å²) in [5.74, 6) is 0. The molecule has 0 aromatic heterocycles. The molecule has 0 spiro atoms. The Kier molecular flexibility index (Phi) is 3.82. The van der Waals surface area contributed by atoms with E-state index in [1.807, 2.05) is 4.90 Å². The second kappa shape index (κ2) is 5.70. The Balaban J connectivity index is 1.85. The van der Waals surface area contributed by atoms with E-state index in [4.69, 9.17) is 5.73 Å². The average Bonchev–Trinajstić information content (AvgIpc) is 2.52.